The smallest absolute Gasteiger partial charge is 0.0541 e. The Morgan fingerprint density at radius 1 is 0.0968 bits per heavy atom. The van der Waals surface area contributed by atoms with E-state index in [1.54, 1.807) is 0 Å². The molecule has 0 unspecified atom stereocenters. The molecule has 4 heterocycles. The molecule has 0 aliphatic rings. The van der Waals surface area contributed by atoms with E-state index in [9.17, 15) is 0 Å². The Morgan fingerprint density at radius 2 is 0.323 bits per heavy atom. The molecule has 124 heavy (non-hydrogen) atoms. The molecule has 0 bridgehead atoms. The van der Waals surface area contributed by atoms with Gasteiger partial charge in [-0.2, -0.15) is 0 Å². The van der Waals surface area contributed by atoms with Crippen molar-refractivity contribution in [1.29, 1.82) is 0 Å². The Kier molecular flexibility index (Phi) is 16.3. The van der Waals surface area contributed by atoms with Crippen LogP contribution in [0.2, 0.25) is 0 Å². The second-order valence-electron chi connectivity index (χ2n) is 33.0. The molecule has 0 atom stereocenters. The Labute approximate surface area is 715 Å². The molecule has 0 radical (unpaired) electrons. The molecule has 26 rings (SSSR count). The predicted molar refractivity (Wildman–Crippen MR) is 528 cm³/mol. The fraction of sp³-hybridized carbons (Fsp3) is 0. The van der Waals surface area contributed by atoms with Crippen molar-refractivity contribution >= 4 is 152 Å². The van der Waals surface area contributed by atoms with Crippen molar-refractivity contribution in [3.8, 4) is 89.5 Å². The summed E-state index contributed by atoms with van der Waals surface area (Å²) >= 11 is 0. The van der Waals surface area contributed by atoms with E-state index in [1.165, 1.54) is 219 Å². The predicted octanol–water partition coefficient (Wildman–Crippen LogP) is 32.7. The van der Waals surface area contributed by atoms with Crippen LogP contribution in [0.5, 0.6) is 0 Å². The maximum absolute atomic E-state index is 2.43. The monoisotopic (exact) mass is 1570 g/mol. The first kappa shape index (κ1) is 70.6. The third kappa shape index (κ3) is 11.6. The lowest BCUT2D eigenvalue weighted by atomic mass is 9.95. The highest BCUT2D eigenvalue weighted by Crippen LogP contribution is 2.45. The molecular formula is C120H76N4. The van der Waals surface area contributed by atoms with Crippen molar-refractivity contribution in [2.24, 2.45) is 0 Å². The molecule has 26 aromatic rings. The van der Waals surface area contributed by atoms with Crippen LogP contribution in [0.25, 0.3) is 241 Å². The fourth-order valence-electron chi connectivity index (χ4n) is 20.3. The van der Waals surface area contributed by atoms with Gasteiger partial charge in [0, 0.05) is 65.8 Å². The van der Waals surface area contributed by atoms with E-state index >= 15 is 0 Å². The van der Waals surface area contributed by atoms with Gasteiger partial charge in [0.05, 0.1) is 44.1 Å². The van der Waals surface area contributed by atoms with E-state index in [2.05, 4.69) is 479 Å². The zero-order chi connectivity index (χ0) is 81.5. The van der Waals surface area contributed by atoms with Crippen molar-refractivity contribution in [2.45, 2.75) is 0 Å². The average Bonchev–Trinajstić information content (AvgIpc) is 1.71. The summed E-state index contributed by atoms with van der Waals surface area (Å²) in [6, 6.07) is 170. The molecule has 4 heteroatoms. The minimum atomic E-state index is 1.15. The van der Waals surface area contributed by atoms with Gasteiger partial charge in [-0.25, -0.2) is 0 Å². The van der Waals surface area contributed by atoms with E-state index in [0.717, 1.165) is 22.7 Å². The molecule has 576 valence electrons. The lowest BCUT2D eigenvalue weighted by molar-refractivity contribution is 1.18. The first-order chi connectivity index (χ1) is 61.5. The first-order valence-corrected chi connectivity index (χ1v) is 42.8. The molecular weight excluding hydrogens is 1500 g/mol. The molecule has 0 fully saturated rings. The Morgan fingerprint density at radius 3 is 0.685 bits per heavy atom. The first-order valence-electron chi connectivity index (χ1n) is 42.8. The van der Waals surface area contributed by atoms with Crippen molar-refractivity contribution in [3.05, 3.63) is 461 Å². The highest BCUT2D eigenvalue weighted by molar-refractivity contribution is 6.21. The number of para-hydroxylation sites is 4. The third-order valence-corrected chi connectivity index (χ3v) is 26.2. The summed E-state index contributed by atoms with van der Waals surface area (Å²) in [5.74, 6) is 0. The number of benzene rings is 22. The number of fused-ring (bicyclic) bond motifs is 22. The lowest BCUT2D eigenvalue weighted by Crippen LogP contribution is -1.94. The molecule has 22 aromatic carbocycles. The van der Waals surface area contributed by atoms with Gasteiger partial charge in [0.25, 0.3) is 0 Å². The van der Waals surface area contributed by atoms with Gasteiger partial charge in [-0.3, -0.25) is 0 Å². The van der Waals surface area contributed by atoms with Gasteiger partial charge in [0.1, 0.15) is 0 Å². The van der Waals surface area contributed by atoms with Crippen LogP contribution in [0.15, 0.2) is 461 Å². The Hall–Kier alpha value is -16.4. The van der Waals surface area contributed by atoms with Gasteiger partial charge >= 0.3 is 0 Å². The number of aromatic nitrogens is 4. The van der Waals surface area contributed by atoms with Gasteiger partial charge < -0.3 is 18.3 Å². The SMILES string of the molecule is c1ccc(-c2cccc(-n3c4ccccc4c4cc(-c5ccc6c(c5)c5ccccc5n6-c5ccc(-c6ccc7c(ccc8c9ccccc9ccc78)c6)cc5)ccc43)c2)cc1.c1ccc(-c2cccc(-n3c4ccccc4c4cc(-c5ccc6c(c5)c5ccccc5n6-c5cccc(-c6ccc7c(ccc8c9ccccc9ccc78)c6)c5)ccc43)c2)cc1. The van der Waals surface area contributed by atoms with Gasteiger partial charge in [-0.15, -0.1) is 0 Å². The summed E-state index contributed by atoms with van der Waals surface area (Å²) in [5.41, 5.74) is 28.7. The molecule has 0 amide bonds. The zero-order valence-corrected chi connectivity index (χ0v) is 67.7. The zero-order valence-electron chi connectivity index (χ0n) is 67.7. The summed E-state index contributed by atoms with van der Waals surface area (Å²) in [4.78, 5) is 0. The van der Waals surface area contributed by atoms with Crippen molar-refractivity contribution in [3.63, 3.8) is 0 Å². The average molecular weight is 1570 g/mol. The summed E-state index contributed by atoms with van der Waals surface area (Å²) in [5, 5.41) is 25.4. The summed E-state index contributed by atoms with van der Waals surface area (Å²) in [6.07, 6.45) is 0. The maximum atomic E-state index is 2.43. The molecule has 0 saturated carbocycles. The molecule has 4 nitrogen and oxygen atoms in total. The minimum absolute atomic E-state index is 1.15. The van der Waals surface area contributed by atoms with E-state index in [4.69, 9.17) is 0 Å². The normalized spacial score (nSPS) is 11.9. The van der Waals surface area contributed by atoms with Crippen LogP contribution in [-0.2, 0) is 0 Å². The van der Waals surface area contributed by atoms with E-state index in [0.29, 0.717) is 0 Å². The van der Waals surface area contributed by atoms with E-state index in [1.807, 2.05) is 0 Å². The van der Waals surface area contributed by atoms with Crippen LogP contribution >= 0.6 is 0 Å². The highest BCUT2D eigenvalue weighted by atomic mass is 15.0. The number of rotatable bonds is 10. The standard InChI is InChI=1S/2C60H38N2/c1-2-12-39(13-3-1)41-15-10-17-47(35-41)61-57-22-8-6-20-53(57)55-37-44(27-32-59(55)61)45-28-33-60-56(38-45)54-21-7-9-23-58(54)62(60)48-18-11-16-42(36-48)43-25-29-50-46(34-43)26-31-51-49-19-5-4-14-40(49)24-30-52(50)51;1-2-11-39(12-3-1)42-14-10-15-48(36-42)62-58-20-9-7-18-54(58)56-38-45(27-34-60(56)62)44-26-33-59-55(37-44)53-17-6-8-19-57(53)61(59)47-28-21-40(22-29-47)43-24-30-50-46(35-43)25-32-51-49-16-5-4-13-41(49)23-31-52(50)51/h2*1-38H. The number of hydrogen-bond donors (Lipinski definition) is 0. The highest BCUT2D eigenvalue weighted by Gasteiger charge is 2.22. The second kappa shape index (κ2) is 28.7. The molecule has 4 aromatic heterocycles. The van der Waals surface area contributed by atoms with Gasteiger partial charge in [0.15, 0.2) is 0 Å². The van der Waals surface area contributed by atoms with Gasteiger partial charge in [0.2, 0.25) is 0 Å². The van der Waals surface area contributed by atoms with Crippen LogP contribution in [-0.4, -0.2) is 18.3 Å². The largest absolute Gasteiger partial charge is 0.309 e. The second-order valence-corrected chi connectivity index (χ2v) is 33.0. The van der Waals surface area contributed by atoms with Gasteiger partial charge in [-0.1, -0.05) is 328 Å². The molecule has 0 spiro atoms. The quantitative estimate of drug-likeness (QED) is 0.122. The van der Waals surface area contributed by atoms with E-state index in [-0.39, 0.29) is 0 Å². The van der Waals surface area contributed by atoms with Crippen molar-refractivity contribution < 1.29 is 0 Å². The Bertz CT molecular complexity index is 8860. The summed E-state index contributed by atoms with van der Waals surface area (Å²) in [6.45, 7) is 0. The molecule has 0 N–H and O–H groups in total. The van der Waals surface area contributed by atoms with Crippen LogP contribution in [0.4, 0.5) is 0 Å². The van der Waals surface area contributed by atoms with Crippen molar-refractivity contribution in [1.82, 2.24) is 18.3 Å². The number of hydrogen-bond acceptors (Lipinski definition) is 0. The van der Waals surface area contributed by atoms with Crippen LogP contribution < -0.4 is 0 Å². The maximum Gasteiger partial charge on any atom is 0.0541 e. The van der Waals surface area contributed by atoms with Crippen LogP contribution in [0, 0.1) is 0 Å². The van der Waals surface area contributed by atoms with Crippen molar-refractivity contribution in [2.75, 3.05) is 0 Å². The topological polar surface area (TPSA) is 19.7 Å². The Balaban J connectivity index is 0.000000136. The van der Waals surface area contributed by atoms with Crippen LogP contribution in [0.3, 0.4) is 0 Å². The summed E-state index contributed by atoms with van der Waals surface area (Å²) in [7, 11) is 0. The third-order valence-electron chi connectivity index (χ3n) is 26.2. The number of nitrogens with zero attached hydrogens (tertiary/aromatic N) is 4. The lowest BCUT2D eigenvalue weighted by Gasteiger charge is -2.12. The van der Waals surface area contributed by atoms with E-state index < -0.39 is 0 Å². The fourth-order valence-corrected chi connectivity index (χ4v) is 20.3. The minimum Gasteiger partial charge on any atom is -0.309 e. The summed E-state index contributed by atoms with van der Waals surface area (Å²) < 4.78 is 9.66. The molecule has 0 aliphatic heterocycles. The van der Waals surface area contributed by atoms with Gasteiger partial charge in [-0.05, 0) is 265 Å². The molecule has 0 aliphatic carbocycles. The van der Waals surface area contributed by atoms with Crippen LogP contribution in [0.1, 0.15) is 0 Å². The molecule has 0 saturated heterocycles.